The molecule has 0 aromatic carbocycles. The molecule has 0 aliphatic heterocycles. The van der Waals surface area contributed by atoms with Crippen molar-refractivity contribution in [3.05, 3.63) is 24.5 Å². The van der Waals surface area contributed by atoms with E-state index in [0.717, 1.165) is 5.56 Å². The molecule has 0 fully saturated rings. The SMILES string of the molecule is CNC(C)C(C)c1nc(-c2ccoc2)no1. The minimum atomic E-state index is 0.179. The Labute approximate surface area is 93.8 Å². The van der Waals surface area contributed by atoms with E-state index in [1.54, 1.807) is 18.6 Å². The van der Waals surface area contributed by atoms with Crippen LogP contribution in [0.5, 0.6) is 0 Å². The van der Waals surface area contributed by atoms with Crippen LogP contribution in [-0.2, 0) is 0 Å². The lowest BCUT2D eigenvalue weighted by Gasteiger charge is -2.14. The number of rotatable bonds is 4. The molecule has 2 aromatic rings. The van der Waals surface area contributed by atoms with E-state index in [0.29, 0.717) is 11.7 Å². The van der Waals surface area contributed by atoms with Crippen molar-refractivity contribution in [2.75, 3.05) is 7.05 Å². The molecule has 2 atom stereocenters. The average molecular weight is 221 g/mol. The Morgan fingerprint density at radius 3 is 2.81 bits per heavy atom. The van der Waals surface area contributed by atoms with Gasteiger partial charge in [0.1, 0.15) is 6.26 Å². The molecule has 0 spiro atoms. The fourth-order valence-corrected chi connectivity index (χ4v) is 1.39. The topological polar surface area (TPSA) is 64.1 Å². The van der Waals surface area contributed by atoms with Gasteiger partial charge in [-0.15, -0.1) is 0 Å². The van der Waals surface area contributed by atoms with Gasteiger partial charge in [-0.25, -0.2) is 0 Å². The van der Waals surface area contributed by atoms with Crippen LogP contribution >= 0.6 is 0 Å². The second kappa shape index (κ2) is 4.49. The minimum absolute atomic E-state index is 0.179. The van der Waals surface area contributed by atoms with Crippen LogP contribution in [0.4, 0.5) is 0 Å². The van der Waals surface area contributed by atoms with E-state index in [1.165, 1.54) is 0 Å². The Morgan fingerprint density at radius 2 is 2.19 bits per heavy atom. The average Bonchev–Trinajstić information content (AvgIpc) is 2.96. The van der Waals surface area contributed by atoms with Crippen molar-refractivity contribution in [3.8, 4) is 11.4 Å². The van der Waals surface area contributed by atoms with Gasteiger partial charge in [0.25, 0.3) is 0 Å². The molecular formula is C11H15N3O2. The summed E-state index contributed by atoms with van der Waals surface area (Å²) in [7, 11) is 1.91. The summed E-state index contributed by atoms with van der Waals surface area (Å²) in [6.45, 7) is 4.13. The summed E-state index contributed by atoms with van der Waals surface area (Å²) in [5, 5.41) is 7.08. The van der Waals surface area contributed by atoms with Gasteiger partial charge in [0.15, 0.2) is 0 Å². The molecule has 2 rings (SSSR count). The Bertz CT molecular complexity index is 436. The molecule has 2 unspecified atom stereocenters. The highest BCUT2D eigenvalue weighted by Crippen LogP contribution is 2.21. The fraction of sp³-hybridized carbons (Fsp3) is 0.455. The molecule has 0 amide bonds. The minimum Gasteiger partial charge on any atom is -0.472 e. The molecule has 0 aliphatic carbocycles. The molecule has 0 saturated carbocycles. The number of nitrogens with zero attached hydrogens (tertiary/aromatic N) is 2. The van der Waals surface area contributed by atoms with Crippen LogP contribution in [0.1, 0.15) is 25.7 Å². The first-order valence-electron chi connectivity index (χ1n) is 5.25. The highest BCUT2D eigenvalue weighted by molar-refractivity contribution is 5.51. The molecular weight excluding hydrogens is 206 g/mol. The normalized spacial score (nSPS) is 14.9. The van der Waals surface area contributed by atoms with Crippen LogP contribution < -0.4 is 5.32 Å². The Morgan fingerprint density at radius 1 is 1.38 bits per heavy atom. The number of hydrogen-bond donors (Lipinski definition) is 1. The summed E-state index contributed by atoms with van der Waals surface area (Å²) in [5.41, 5.74) is 0.833. The zero-order valence-electron chi connectivity index (χ0n) is 9.60. The Kier molecular flexibility index (Phi) is 3.05. The second-order valence-electron chi connectivity index (χ2n) is 3.83. The van der Waals surface area contributed by atoms with Gasteiger partial charge in [-0.2, -0.15) is 4.98 Å². The van der Waals surface area contributed by atoms with Crippen LogP contribution in [0.3, 0.4) is 0 Å². The zero-order chi connectivity index (χ0) is 11.5. The van der Waals surface area contributed by atoms with Crippen LogP contribution in [0.25, 0.3) is 11.4 Å². The third kappa shape index (κ3) is 1.99. The maximum atomic E-state index is 5.23. The van der Waals surface area contributed by atoms with Gasteiger partial charge < -0.3 is 14.3 Å². The van der Waals surface area contributed by atoms with E-state index in [9.17, 15) is 0 Å². The van der Waals surface area contributed by atoms with Gasteiger partial charge in [0, 0.05) is 6.04 Å². The third-order valence-electron chi connectivity index (χ3n) is 2.82. The predicted octanol–water partition coefficient (Wildman–Crippen LogP) is 2.04. The Hall–Kier alpha value is -1.62. The van der Waals surface area contributed by atoms with E-state index in [4.69, 9.17) is 8.94 Å². The van der Waals surface area contributed by atoms with E-state index in [2.05, 4.69) is 22.4 Å². The first-order valence-corrected chi connectivity index (χ1v) is 5.25. The van der Waals surface area contributed by atoms with Crippen molar-refractivity contribution in [3.63, 3.8) is 0 Å². The molecule has 5 heteroatoms. The zero-order valence-corrected chi connectivity index (χ0v) is 9.60. The molecule has 2 aromatic heterocycles. The lowest BCUT2D eigenvalue weighted by atomic mass is 10.0. The summed E-state index contributed by atoms with van der Waals surface area (Å²) in [4.78, 5) is 4.34. The lowest BCUT2D eigenvalue weighted by molar-refractivity contribution is 0.336. The summed E-state index contributed by atoms with van der Waals surface area (Å²) in [6, 6.07) is 2.10. The highest BCUT2D eigenvalue weighted by atomic mass is 16.5. The standard InChI is InChI=1S/C11H15N3O2/c1-7(8(2)12-3)11-13-10(14-16-11)9-4-5-15-6-9/h4-8,12H,1-3H3. The first-order chi connectivity index (χ1) is 7.72. The van der Waals surface area contributed by atoms with E-state index in [1.807, 2.05) is 14.0 Å². The summed E-state index contributed by atoms with van der Waals surface area (Å²) in [6.07, 6.45) is 3.19. The molecule has 5 nitrogen and oxygen atoms in total. The van der Waals surface area contributed by atoms with E-state index in [-0.39, 0.29) is 12.0 Å². The number of furan rings is 1. The number of nitrogens with one attached hydrogen (secondary N) is 1. The molecule has 0 aliphatic rings. The van der Waals surface area contributed by atoms with Crippen molar-refractivity contribution in [2.24, 2.45) is 0 Å². The van der Waals surface area contributed by atoms with Gasteiger partial charge in [-0.3, -0.25) is 0 Å². The summed E-state index contributed by atoms with van der Waals surface area (Å²) < 4.78 is 10.2. The van der Waals surface area contributed by atoms with Crippen LogP contribution in [0.15, 0.2) is 27.5 Å². The Balaban J connectivity index is 2.20. The van der Waals surface area contributed by atoms with Crippen molar-refractivity contribution in [1.82, 2.24) is 15.5 Å². The van der Waals surface area contributed by atoms with Crippen molar-refractivity contribution in [2.45, 2.75) is 25.8 Å². The second-order valence-corrected chi connectivity index (χ2v) is 3.83. The predicted molar refractivity (Wildman–Crippen MR) is 58.9 cm³/mol. The number of aromatic nitrogens is 2. The lowest BCUT2D eigenvalue weighted by Crippen LogP contribution is -2.27. The number of hydrogen-bond acceptors (Lipinski definition) is 5. The van der Waals surface area contributed by atoms with Gasteiger partial charge in [-0.05, 0) is 20.0 Å². The number of likely N-dealkylation sites (N-methyl/N-ethyl adjacent to an activating group) is 1. The molecule has 86 valence electrons. The molecule has 0 radical (unpaired) electrons. The van der Waals surface area contributed by atoms with Crippen LogP contribution in [0.2, 0.25) is 0 Å². The smallest absolute Gasteiger partial charge is 0.231 e. The van der Waals surface area contributed by atoms with Gasteiger partial charge in [0.05, 0.1) is 17.7 Å². The van der Waals surface area contributed by atoms with Gasteiger partial charge >= 0.3 is 0 Å². The molecule has 0 bridgehead atoms. The van der Waals surface area contributed by atoms with Crippen molar-refractivity contribution >= 4 is 0 Å². The molecule has 16 heavy (non-hydrogen) atoms. The highest BCUT2D eigenvalue weighted by Gasteiger charge is 2.20. The maximum Gasteiger partial charge on any atom is 0.231 e. The quantitative estimate of drug-likeness (QED) is 0.855. The van der Waals surface area contributed by atoms with E-state index < -0.39 is 0 Å². The summed E-state index contributed by atoms with van der Waals surface area (Å²) >= 11 is 0. The van der Waals surface area contributed by atoms with Gasteiger partial charge in [0.2, 0.25) is 11.7 Å². The maximum absolute atomic E-state index is 5.23. The van der Waals surface area contributed by atoms with Crippen molar-refractivity contribution in [1.29, 1.82) is 0 Å². The van der Waals surface area contributed by atoms with Crippen LogP contribution in [-0.4, -0.2) is 23.2 Å². The van der Waals surface area contributed by atoms with Gasteiger partial charge in [-0.1, -0.05) is 12.1 Å². The third-order valence-corrected chi connectivity index (χ3v) is 2.82. The molecule has 2 heterocycles. The molecule has 0 saturated heterocycles. The van der Waals surface area contributed by atoms with Crippen molar-refractivity contribution < 1.29 is 8.94 Å². The first kappa shape index (κ1) is 10.9. The largest absolute Gasteiger partial charge is 0.472 e. The fourth-order valence-electron chi connectivity index (χ4n) is 1.39. The van der Waals surface area contributed by atoms with E-state index >= 15 is 0 Å². The summed E-state index contributed by atoms with van der Waals surface area (Å²) in [5.74, 6) is 1.38. The van der Waals surface area contributed by atoms with Crippen LogP contribution in [0, 0.1) is 0 Å². The molecule has 1 N–H and O–H groups in total. The monoisotopic (exact) mass is 221 g/mol.